The Morgan fingerprint density at radius 1 is 1.18 bits per heavy atom. The minimum Gasteiger partial charge on any atom is -0.398 e. The molecule has 0 aliphatic carbocycles. The molecular weight excluding hydrogens is 441 g/mol. The van der Waals surface area contributed by atoms with Gasteiger partial charge in [0.1, 0.15) is 10.6 Å². The molecule has 168 valence electrons. The van der Waals surface area contributed by atoms with E-state index in [0.717, 1.165) is 21.4 Å². The van der Waals surface area contributed by atoms with Crippen molar-refractivity contribution in [1.82, 2.24) is 9.88 Å². The van der Waals surface area contributed by atoms with E-state index in [2.05, 4.69) is 10.3 Å². The average molecular weight is 464 g/mol. The summed E-state index contributed by atoms with van der Waals surface area (Å²) in [5.41, 5.74) is 15.1. The molecule has 1 aromatic heterocycles. The van der Waals surface area contributed by atoms with E-state index in [1.807, 2.05) is 30.3 Å². The van der Waals surface area contributed by atoms with E-state index in [1.165, 1.54) is 30.0 Å². The number of hydrogen-bond donors (Lipinski definition) is 3. The largest absolute Gasteiger partial charge is 0.398 e. The number of nitrogens with zero attached hydrogens (tertiary/aromatic N) is 2. The second-order valence-corrected chi connectivity index (χ2v) is 9.64. The van der Waals surface area contributed by atoms with Crippen molar-refractivity contribution in [2.75, 3.05) is 24.1 Å². The fourth-order valence-corrected chi connectivity index (χ4v) is 6.02. The average Bonchev–Trinajstić information content (AvgIpc) is 3.20. The Balaban J connectivity index is 1.34. The van der Waals surface area contributed by atoms with Crippen LogP contribution in [0.2, 0.25) is 0 Å². The first kappa shape index (κ1) is 21.3. The molecular formula is C24H22FN5O2S. The number of aromatic nitrogens is 1. The summed E-state index contributed by atoms with van der Waals surface area (Å²) in [4.78, 5) is 32.5. The summed E-state index contributed by atoms with van der Waals surface area (Å²) < 4.78 is 12.8. The summed E-state index contributed by atoms with van der Waals surface area (Å²) in [5, 5.41) is 3.84. The molecule has 2 aliphatic rings. The number of primary amides is 1. The highest BCUT2D eigenvalue weighted by Gasteiger charge is 2.48. The van der Waals surface area contributed by atoms with Gasteiger partial charge in [0, 0.05) is 28.1 Å². The first-order valence-electron chi connectivity index (χ1n) is 10.5. The van der Waals surface area contributed by atoms with Gasteiger partial charge in [0.05, 0.1) is 23.9 Å². The smallest absolute Gasteiger partial charge is 0.322 e. The first-order valence-corrected chi connectivity index (χ1v) is 11.3. The molecule has 0 saturated carbocycles. The first-order chi connectivity index (χ1) is 15.9. The number of benzene rings is 2. The van der Waals surface area contributed by atoms with Gasteiger partial charge in [-0.3, -0.25) is 9.78 Å². The third-order valence-electron chi connectivity index (χ3n) is 6.15. The van der Waals surface area contributed by atoms with Crippen molar-refractivity contribution in [3.63, 3.8) is 0 Å². The van der Waals surface area contributed by atoms with Crippen LogP contribution in [0.4, 0.5) is 20.6 Å². The summed E-state index contributed by atoms with van der Waals surface area (Å²) in [7, 11) is 0. The molecule has 2 aromatic carbocycles. The van der Waals surface area contributed by atoms with Crippen molar-refractivity contribution in [3.05, 3.63) is 76.6 Å². The Bertz CT molecular complexity index is 1330. The summed E-state index contributed by atoms with van der Waals surface area (Å²) in [6.45, 7) is 0.844. The quantitative estimate of drug-likeness (QED) is 0.509. The number of carbonyl (C=O) groups is 2. The van der Waals surface area contributed by atoms with Crippen LogP contribution in [0.15, 0.2) is 65.2 Å². The van der Waals surface area contributed by atoms with E-state index >= 15 is 0 Å². The van der Waals surface area contributed by atoms with E-state index in [0.29, 0.717) is 42.9 Å². The van der Waals surface area contributed by atoms with Crippen LogP contribution in [-0.2, 0) is 9.54 Å². The van der Waals surface area contributed by atoms with E-state index in [1.54, 1.807) is 11.1 Å². The molecule has 33 heavy (non-hydrogen) atoms. The molecule has 0 radical (unpaired) electrons. The SMILES string of the molecule is NC(=O)C1(c2cc(F)ccc2N)CC2=C(CN(C(=O)Nc3cnc4ccccc4c3)CC2)S1. The predicted octanol–water partition coefficient (Wildman–Crippen LogP) is 3.97. The third kappa shape index (κ3) is 3.78. The maximum atomic E-state index is 14.0. The number of thioether (sulfide) groups is 1. The van der Waals surface area contributed by atoms with Gasteiger partial charge >= 0.3 is 6.03 Å². The molecule has 5 rings (SSSR count). The van der Waals surface area contributed by atoms with Gasteiger partial charge in [-0.15, -0.1) is 11.8 Å². The topological polar surface area (TPSA) is 114 Å². The van der Waals surface area contributed by atoms with E-state index in [-0.39, 0.29) is 6.03 Å². The Labute approximate surface area is 194 Å². The zero-order valence-electron chi connectivity index (χ0n) is 17.7. The molecule has 0 bridgehead atoms. The number of carbonyl (C=O) groups excluding carboxylic acids is 2. The zero-order valence-corrected chi connectivity index (χ0v) is 18.5. The lowest BCUT2D eigenvalue weighted by Crippen LogP contribution is -2.39. The second-order valence-electron chi connectivity index (χ2n) is 8.25. The minimum absolute atomic E-state index is 0.249. The highest BCUT2D eigenvalue weighted by Crippen LogP contribution is 2.56. The van der Waals surface area contributed by atoms with Crippen LogP contribution in [-0.4, -0.2) is 34.9 Å². The fraction of sp³-hybridized carbons (Fsp3) is 0.208. The summed E-state index contributed by atoms with van der Waals surface area (Å²) in [5.74, 6) is -1.05. The Morgan fingerprint density at radius 3 is 2.82 bits per heavy atom. The summed E-state index contributed by atoms with van der Waals surface area (Å²) >= 11 is 1.28. The molecule has 5 N–H and O–H groups in total. The molecule has 0 spiro atoms. The molecule has 0 saturated heterocycles. The van der Waals surface area contributed by atoms with Crippen LogP contribution in [0, 0.1) is 5.82 Å². The van der Waals surface area contributed by atoms with Crippen LogP contribution in [0.25, 0.3) is 10.9 Å². The maximum absolute atomic E-state index is 14.0. The van der Waals surface area contributed by atoms with Gasteiger partial charge < -0.3 is 21.7 Å². The Hall–Kier alpha value is -3.59. The number of nitrogens with one attached hydrogen (secondary N) is 1. The van der Waals surface area contributed by atoms with Crippen LogP contribution in [0.3, 0.4) is 0 Å². The number of rotatable bonds is 3. The Morgan fingerprint density at radius 2 is 2.00 bits per heavy atom. The lowest BCUT2D eigenvalue weighted by molar-refractivity contribution is -0.120. The molecule has 3 amide bonds. The molecule has 2 aliphatic heterocycles. The molecule has 1 unspecified atom stereocenters. The predicted molar refractivity (Wildman–Crippen MR) is 128 cm³/mol. The van der Waals surface area contributed by atoms with Gasteiger partial charge in [-0.05, 0) is 43.2 Å². The fourth-order valence-electron chi connectivity index (χ4n) is 4.43. The lowest BCUT2D eigenvalue weighted by atomic mass is 9.87. The third-order valence-corrected chi connectivity index (χ3v) is 7.73. The van der Waals surface area contributed by atoms with Gasteiger partial charge in [-0.2, -0.15) is 0 Å². The number of hydrogen-bond acceptors (Lipinski definition) is 5. The van der Waals surface area contributed by atoms with Crippen LogP contribution in [0.1, 0.15) is 18.4 Å². The monoisotopic (exact) mass is 463 g/mol. The lowest BCUT2D eigenvalue weighted by Gasteiger charge is -2.28. The number of fused-ring (bicyclic) bond motifs is 1. The number of anilines is 2. The number of pyridine rings is 1. The number of nitrogen functional groups attached to an aromatic ring is 1. The van der Waals surface area contributed by atoms with Crippen molar-refractivity contribution in [2.24, 2.45) is 5.73 Å². The van der Waals surface area contributed by atoms with Crippen molar-refractivity contribution in [1.29, 1.82) is 0 Å². The van der Waals surface area contributed by atoms with Crippen LogP contribution in [0.5, 0.6) is 0 Å². The molecule has 9 heteroatoms. The van der Waals surface area contributed by atoms with Gasteiger partial charge in [-0.25, -0.2) is 9.18 Å². The van der Waals surface area contributed by atoms with Crippen molar-refractivity contribution in [2.45, 2.75) is 17.6 Å². The minimum atomic E-state index is -1.17. The Kier molecular flexibility index (Phi) is 5.20. The van der Waals surface area contributed by atoms with Crippen molar-refractivity contribution >= 4 is 46.0 Å². The molecule has 3 heterocycles. The summed E-state index contributed by atoms with van der Waals surface area (Å²) in [6, 6.07) is 13.3. The zero-order chi connectivity index (χ0) is 23.2. The summed E-state index contributed by atoms with van der Waals surface area (Å²) in [6.07, 6.45) is 2.60. The number of halogens is 1. The molecule has 3 aromatic rings. The number of urea groups is 1. The number of nitrogens with two attached hydrogens (primary N) is 2. The van der Waals surface area contributed by atoms with Gasteiger partial charge in [-0.1, -0.05) is 23.8 Å². The van der Waals surface area contributed by atoms with Gasteiger partial charge in [0.15, 0.2) is 0 Å². The number of para-hydroxylation sites is 1. The van der Waals surface area contributed by atoms with E-state index in [4.69, 9.17) is 11.5 Å². The molecule has 1 atom stereocenters. The highest BCUT2D eigenvalue weighted by atomic mass is 32.2. The molecule has 7 nitrogen and oxygen atoms in total. The second kappa shape index (κ2) is 8.08. The number of amides is 3. The normalized spacial score (nSPS) is 20.1. The standard InChI is InChI=1S/C24H22FN5O2S/c25-16-5-6-19(26)18(10-16)24(22(27)31)11-15-7-8-30(13-21(15)33-24)23(32)29-17-9-14-3-1-2-4-20(14)28-12-17/h1-6,9-10,12H,7-8,11,13,26H2,(H2,27,31)(H,29,32). The van der Waals surface area contributed by atoms with E-state index < -0.39 is 16.5 Å². The van der Waals surface area contributed by atoms with Crippen LogP contribution >= 0.6 is 11.8 Å². The molecule has 0 fully saturated rings. The van der Waals surface area contributed by atoms with Crippen molar-refractivity contribution < 1.29 is 14.0 Å². The maximum Gasteiger partial charge on any atom is 0.322 e. The van der Waals surface area contributed by atoms with Gasteiger partial charge in [0.25, 0.3) is 0 Å². The van der Waals surface area contributed by atoms with Crippen molar-refractivity contribution in [3.8, 4) is 0 Å². The van der Waals surface area contributed by atoms with Crippen LogP contribution < -0.4 is 16.8 Å². The van der Waals surface area contributed by atoms with E-state index in [9.17, 15) is 14.0 Å². The van der Waals surface area contributed by atoms with Gasteiger partial charge in [0.2, 0.25) is 5.91 Å². The highest BCUT2D eigenvalue weighted by molar-refractivity contribution is 8.05.